The van der Waals surface area contributed by atoms with Gasteiger partial charge in [-0.1, -0.05) is 46.8 Å². The van der Waals surface area contributed by atoms with Crippen molar-refractivity contribution >= 4 is 11.6 Å². The fourth-order valence-electron chi connectivity index (χ4n) is 3.99. The number of allylic oxidation sites excluding steroid dienone is 5. The summed E-state index contributed by atoms with van der Waals surface area (Å²) in [6, 6.07) is 0.213. The molecule has 1 fully saturated rings. The predicted octanol–water partition coefficient (Wildman–Crippen LogP) is 5.83. The summed E-state index contributed by atoms with van der Waals surface area (Å²) in [6.45, 7) is 21.8. The van der Waals surface area contributed by atoms with Gasteiger partial charge in [-0.2, -0.15) is 0 Å². The van der Waals surface area contributed by atoms with Gasteiger partial charge in [0.15, 0.2) is 0 Å². The van der Waals surface area contributed by atoms with Crippen LogP contribution >= 0.6 is 0 Å². The van der Waals surface area contributed by atoms with Crippen molar-refractivity contribution in [1.29, 1.82) is 0 Å². The van der Waals surface area contributed by atoms with Gasteiger partial charge in [0.05, 0.1) is 0 Å². The highest BCUT2D eigenvalue weighted by molar-refractivity contribution is 6.03. The Morgan fingerprint density at radius 1 is 1.17 bits per heavy atom. The highest BCUT2D eigenvalue weighted by atomic mass is 16.2. The van der Waals surface area contributed by atoms with Gasteiger partial charge in [-0.3, -0.25) is 9.79 Å². The largest absolute Gasteiger partial charge is 0.371 e. The number of hydrogen-bond donors (Lipinski definition) is 0. The first-order valence-corrected chi connectivity index (χ1v) is 11.3. The SMILES string of the molecule is C\C=C(C(/C(C)=N/C=C/CC)=C(/C)N1CCN(C(=O)C(C)C)C(C)C1)\C(C)CC. The van der Waals surface area contributed by atoms with Crippen LogP contribution in [0.5, 0.6) is 0 Å². The number of carbonyl (C=O) groups is 1. The molecule has 0 N–H and O–H groups in total. The zero-order valence-corrected chi connectivity index (χ0v) is 20.2. The number of hydrogen-bond acceptors (Lipinski definition) is 3. The third-order valence-electron chi connectivity index (χ3n) is 5.95. The monoisotopic (exact) mass is 401 g/mol. The summed E-state index contributed by atoms with van der Waals surface area (Å²) in [5, 5.41) is 0. The second-order valence-electron chi connectivity index (χ2n) is 8.50. The summed E-state index contributed by atoms with van der Waals surface area (Å²) >= 11 is 0. The van der Waals surface area contributed by atoms with Crippen LogP contribution in [0.2, 0.25) is 0 Å². The molecule has 164 valence electrons. The van der Waals surface area contributed by atoms with Gasteiger partial charge in [-0.25, -0.2) is 0 Å². The number of carbonyl (C=O) groups excluding carboxylic acids is 1. The molecule has 2 unspecified atom stereocenters. The summed E-state index contributed by atoms with van der Waals surface area (Å²) in [5.74, 6) is 0.789. The molecule has 0 radical (unpaired) electrons. The Bertz CT molecular complexity index is 670. The molecule has 29 heavy (non-hydrogen) atoms. The van der Waals surface area contributed by atoms with Gasteiger partial charge in [-0.05, 0) is 52.0 Å². The van der Waals surface area contributed by atoms with Crippen LogP contribution < -0.4 is 0 Å². The maximum Gasteiger partial charge on any atom is 0.225 e. The van der Waals surface area contributed by atoms with Crippen LogP contribution in [0, 0.1) is 11.8 Å². The molecule has 1 saturated heterocycles. The average molecular weight is 402 g/mol. The quantitative estimate of drug-likeness (QED) is 0.379. The summed E-state index contributed by atoms with van der Waals surface area (Å²) < 4.78 is 0. The third kappa shape index (κ3) is 6.58. The van der Waals surface area contributed by atoms with Crippen molar-refractivity contribution < 1.29 is 4.79 Å². The number of nitrogens with zero attached hydrogens (tertiary/aromatic N) is 3. The van der Waals surface area contributed by atoms with E-state index in [1.807, 2.05) is 24.9 Å². The topological polar surface area (TPSA) is 35.9 Å². The molecular weight excluding hydrogens is 358 g/mol. The van der Waals surface area contributed by atoms with Gasteiger partial charge >= 0.3 is 0 Å². The van der Waals surface area contributed by atoms with E-state index in [9.17, 15) is 4.79 Å². The standard InChI is InChI=1S/C25H43N3O/c1-10-13-14-26-21(8)24(23(12-3)19(6)11-2)22(9)27-15-16-28(20(7)17-27)25(29)18(4)5/h12-14,18-20H,10-11,15-17H2,1-9H3/b14-13+,23-12-,24-22-,26-21+. The summed E-state index contributed by atoms with van der Waals surface area (Å²) in [4.78, 5) is 21.8. The second-order valence-corrected chi connectivity index (χ2v) is 8.50. The minimum Gasteiger partial charge on any atom is -0.371 e. The van der Waals surface area contributed by atoms with Gasteiger partial charge in [0.1, 0.15) is 0 Å². The minimum atomic E-state index is 0.0518. The lowest BCUT2D eigenvalue weighted by atomic mass is 9.87. The van der Waals surface area contributed by atoms with E-state index in [0.717, 1.165) is 38.2 Å². The molecule has 4 nitrogen and oxygen atoms in total. The molecule has 0 saturated carbocycles. The van der Waals surface area contributed by atoms with Gasteiger partial charge < -0.3 is 9.80 Å². The molecule has 4 heteroatoms. The van der Waals surface area contributed by atoms with Crippen molar-refractivity contribution in [2.75, 3.05) is 19.6 Å². The van der Waals surface area contributed by atoms with Crippen LogP contribution in [0.4, 0.5) is 0 Å². The number of piperazine rings is 1. The average Bonchev–Trinajstić information content (AvgIpc) is 2.70. The zero-order chi connectivity index (χ0) is 22.1. The molecule has 0 aromatic carbocycles. The molecular formula is C25H43N3O. The van der Waals surface area contributed by atoms with E-state index in [-0.39, 0.29) is 17.9 Å². The molecule has 1 aliphatic heterocycles. The Labute approximate surface area is 179 Å². The highest BCUT2D eigenvalue weighted by Gasteiger charge is 2.30. The molecule has 0 spiro atoms. The molecule has 0 aliphatic carbocycles. The van der Waals surface area contributed by atoms with Crippen molar-refractivity contribution in [1.82, 2.24) is 9.80 Å². The van der Waals surface area contributed by atoms with Crippen LogP contribution in [-0.4, -0.2) is 47.1 Å². The molecule has 2 atom stereocenters. The van der Waals surface area contributed by atoms with Crippen molar-refractivity contribution in [3.05, 3.63) is 35.2 Å². The van der Waals surface area contributed by atoms with E-state index in [4.69, 9.17) is 4.99 Å². The van der Waals surface area contributed by atoms with Crippen LogP contribution in [0.25, 0.3) is 0 Å². The number of aliphatic imine (C=N–C) groups is 1. The van der Waals surface area contributed by atoms with Crippen LogP contribution in [0.15, 0.2) is 40.2 Å². The fourth-order valence-corrected chi connectivity index (χ4v) is 3.99. The van der Waals surface area contributed by atoms with E-state index in [0.29, 0.717) is 5.92 Å². The minimum absolute atomic E-state index is 0.0518. The third-order valence-corrected chi connectivity index (χ3v) is 5.95. The molecule has 0 bridgehead atoms. The summed E-state index contributed by atoms with van der Waals surface area (Å²) in [5.41, 5.74) is 4.96. The first kappa shape index (κ1) is 25.2. The Morgan fingerprint density at radius 2 is 1.83 bits per heavy atom. The maximum atomic E-state index is 12.5. The van der Waals surface area contributed by atoms with E-state index < -0.39 is 0 Å². The normalized spacial score (nSPS) is 21.1. The molecule has 1 heterocycles. The first-order valence-electron chi connectivity index (χ1n) is 11.3. The van der Waals surface area contributed by atoms with Crippen molar-refractivity contribution in [3.8, 4) is 0 Å². The lowest BCUT2D eigenvalue weighted by molar-refractivity contribution is -0.138. The van der Waals surface area contributed by atoms with Crippen LogP contribution in [-0.2, 0) is 4.79 Å². The van der Waals surface area contributed by atoms with Crippen LogP contribution in [0.1, 0.15) is 75.2 Å². The van der Waals surface area contributed by atoms with Crippen molar-refractivity contribution in [2.24, 2.45) is 16.8 Å². The molecule has 1 amide bonds. The Hall–Kier alpha value is -1.84. The molecule has 0 aromatic heterocycles. The summed E-state index contributed by atoms with van der Waals surface area (Å²) in [6.07, 6.45) is 8.35. The second kappa shape index (κ2) is 12.0. The Balaban J connectivity index is 3.30. The lowest BCUT2D eigenvalue weighted by Gasteiger charge is -2.43. The van der Waals surface area contributed by atoms with Gasteiger partial charge in [0.25, 0.3) is 0 Å². The van der Waals surface area contributed by atoms with Gasteiger partial charge in [-0.15, -0.1) is 0 Å². The van der Waals surface area contributed by atoms with Gasteiger partial charge in [0, 0.05) is 54.8 Å². The van der Waals surface area contributed by atoms with Crippen LogP contribution in [0.3, 0.4) is 0 Å². The van der Waals surface area contributed by atoms with E-state index in [1.165, 1.54) is 16.8 Å². The molecule has 1 aliphatic rings. The van der Waals surface area contributed by atoms with Gasteiger partial charge in [0.2, 0.25) is 5.91 Å². The fraction of sp³-hybridized carbons (Fsp3) is 0.680. The highest BCUT2D eigenvalue weighted by Crippen LogP contribution is 2.29. The predicted molar refractivity (Wildman–Crippen MR) is 126 cm³/mol. The lowest BCUT2D eigenvalue weighted by Crippen LogP contribution is -2.54. The first-order chi connectivity index (χ1) is 13.7. The Kier molecular flexibility index (Phi) is 10.4. The van der Waals surface area contributed by atoms with E-state index in [2.05, 4.69) is 65.5 Å². The zero-order valence-electron chi connectivity index (χ0n) is 20.2. The van der Waals surface area contributed by atoms with Crippen molar-refractivity contribution in [3.63, 3.8) is 0 Å². The maximum absolute atomic E-state index is 12.5. The number of rotatable bonds is 8. The number of amides is 1. The smallest absolute Gasteiger partial charge is 0.225 e. The summed E-state index contributed by atoms with van der Waals surface area (Å²) in [7, 11) is 0. The molecule has 1 rings (SSSR count). The van der Waals surface area contributed by atoms with E-state index in [1.54, 1.807) is 0 Å². The van der Waals surface area contributed by atoms with E-state index >= 15 is 0 Å². The molecule has 0 aromatic rings. The Morgan fingerprint density at radius 3 is 2.31 bits per heavy atom. The van der Waals surface area contributed by atoms with Crippen molar-refractivity contribution in [2.45, 2.75) is 81.2 Å².